The number of pyridine rings is 1. The van der Waals surface area contributed by atoms with Crippen molar-refractivity contribution in [2.45, 2.75) is 46.1 Å². The lowest BCUT2D eigenvalue weighted by Gasteiger charge is -2.18. The smallest absolute Gasteiger partial charge is 0.0463 e. The van der Waals surface area contributed by atoms with Crippen molar-refractivity contribution < 1.29 is 0 Å². The van der Waals surface area contributed by atoms with Crippen LogP contribution in [0.5, 0.6) is 0 Å². The van der Waals surface area contributed by atoms with E-state index in [4.69, 9.17) is 5.84 Å². The molecule has 0 radical (unpaired) electrons. The van der Waals surface area contributed by atoms with Crippen LogP contribution in [0.25, 0.3) is 0 Å². The highest BCUT2D eigenvalue weighted by Gasteiger charge is 2.11. The number of rotatable bonds is 6. The van der Waals surface area contributed by atoms with E-state index in [1.807, 2.05) is 12.4 Å². The van der Waals surface area contributed by atoms with Gasteiger partial charge in [-0.15, -0.1) is 0 Å². The third-order valence-corrected chi connectivity index (χ3v) is 2.91. The number of aryl methyl sites for hydroxylation is 1. The summed E-state index contributed by atoms with van der Waals surface area (Å²) >= 11 is 0. The molecule has 90 valence electrons. The van der Waals surface area contributed by atoms with Crippen molar-refractivity contribution in [1.29, 1.82) is 0 Å². The molecule has 0 spiro atoms. The van der Waals surface area contributed by atoms with Gasteiger partial charge >= 0.3 is 0 Å². The van der Waals surface area contributed by atoms with Crippen molar-refractivity contribution in [3.63, 3.8) is 0 Å². The number of hydrazine groups is 1. The van der Waals surface area contributed by atoms with Crippen LogP contribution in [-0.4, -0.2) is 4.98 Å². The van der Waals surface area contributed by atoms with Gasteiger partial charge in [-0.1, -0.05) is 26.7 Å². The SMILES string of the molecule is Cc1cnccc1C(CCCC(C)C)NN. The van der Waals surface area contributed by atoms with Crippen LogP contribution in [0.4, 0.5) is 0 Å². The molecule has 1 aromatic heterocycles. The molecule has 3 N–H and O–H groups in total. The number of hydrogen-bond acceptors (Lipinski definition) is 3. The zero-order valence-corrected chi connectivity index (χ0v) is 10.5. The molecule has 0 saturated carbocycles. The summed E-state index contributed by atoms with van der Waals surface area (Å²) in [4.78, 5) is 4.10. The molecule has 3 nitrogen and oxygen atoms in total. The Morgan fingerprint density at radius 1 is 1.38 bits per heavy atom. The molecule has 0 bridgehead atoms. The van der Waals surface area contributed by atoms with Crippen molar-refractivity contribution in [2.75, 3.05) is 0 Å². The molecule has 0 saturated heterocycles. The molecule has 3 heteroatoms. The Balaban J connectivity index is 2.57. The molecule has 0 fully saturated rings. The monoisotopic (exact) mass is 221 g/mol. The highest BCUT2D eigenvalue weighted by Crippen LogP contribution is 2.22. The van der Waals surface area contributed by atoms with Crippen molar-refractivity contribution in [2.24, 2.45) is 11.8 Å². The first-order valence-electron chi connectivity index (χ1n) is 6.01. The summed E-state index contributed by atoms with van der Waals surface area (Å²) in [5.74, 6) is 6.38. The molecule has 0 aromatic carbocycles. The van der Waals surface area contributed by atoms with Crippen molar-refractivity contribution in [1.82, 2.24) is 10.4 Å². The van der Waals surface area contributed by atoms with Gasteiger partial charge < -0.3 is 0 Å². The van der Waals surface area contributed by atoms with Crippen LogP contribution < -0.4 is 11.3 Å². The summed E-state index contributed by atoms with van der Waals surface area (Å²) in [7, 11) is 0. The number of nitrogens with zero attached hydrogens (tertiary/aromatic N) is 1. The number of nitrogens with one attached hydrogen (secondary N) is 1. The standard InChI is InChI=1S/C13H23N3/c1-10(2)5-4-6-13(16-14)12-7-8-15-9-11(12)3/h7-10,13,16H,4-6,14H2,1-3H3. The summed E-state index contributed by atoms with van der Waals surface area (Å²) in [5.41, 5.74) is 5.37. The lowest BCUT2D eigenvalue weighted by atomic mass is 9.97. The fourth-order valence-electron chi connectivity index (χ4n) is 1.93. The number of nitrogens with two attached hydrogens (primary N) is 1. The molecule has 1 atom stereocenters. The van der Waals surface area contributed by atoms with Crippen LogP contribution >= 0.6 is 0 Å². The van der Waals surface area contributed by atoms with Gasteiger partial charge in [0.1, 0.15) is 0 Å². The van der Waals surface area contributed by atoms with Crippen LogP contribution in [0, 0.1) is 12.8 Å². The second kappa shape index (κ2) is 6.61. The van der Waals surface area contributed by atoms with Crippen LogP contribution in [0.3, 0.4) is 0 Å². The molecule has 1 aromatic rings. The summed E-state index contributed by atoms with van der Waals surface area (Å²) in [6.07, 6.45) is 7.26. The minimum Gasteiger partial charge on any atom is -0.271 e. The molecule has 1 heterocycles. The normalized spacial score (nSPS) is 13.1. The second-order valence-electron chi connectivity index (χ2n) is 4.78. The fourth-order valence-corrected chi connectivity index (χ4v) is 1.93. The maximum Gasteiger partial charge on any atom is 0.0463 e. The zero-order valence-electron chi connectivity index (χ0n) is 10.5. The Morgan fingerprint density at radius 2 is 2.12 bits per heavy atom. The second-order valence-corrected chi connectivity index (χ2v) is 4.78. The third-order valence-electron chi connectivity index (χ3n) is 2.91. The summed E-state index contributed by atoms with van der Waals surface area (Å²) < 4.78 is 0. The summed E-state index contributed by atoms with van der Waals surface area (Å²) in [6.45, 7) is 6.58. The minimum absolute atomic E-state index is 0.252. The van der Waals surface area contributed by atoms with Crippen LogP contribution in [-0.2, 0) is 0 Å². The van der Waals surface area contributed by atoms with E-state index < -0.39 is 0 Å². The predicted octanol–water partition coefficient (Wildman–Crippen LogP) is 2.72. The summed E-state index contributed by atoms with van der Waals surface area (Å²) in [5, 5.41) is 0. The first-order chi connectivity index (χ1) is 7.65. The largest absolute Gasteiger partial charge is 0.271 e. The molecule has 0 aliphatic heterocycles. The first-order valence-corrected chi connectivity index (χ1v) is 6.01. The highest BCUT2D eigenvalue weighted by atomic mass is 15.2. The van der Waals surface area contributed by atoms with Crippen molar-refractivity contribution in [3.8, 4) is 0 Å². The Kier molecular flexibility index (Phi) is 5.43. The number of hydrogen-bond donors (Lipinski definition) is 2. The van der Waals surface area contributed by atoms with E-state index in [0.717, 1.165) is 12.3 Å². The zero-order chi connectivity index (χ0) is 12.0. The molecule has 0 amide bonds. The van der Waals surface area contributed by atoms with Gasteiger partial charge in [-0.05, 0) is 36.5 Å². The average Bonchev–Trinajstić information content (AvgIpc) is 2.25. The molecule has 16 heavy (non-hydrogen) atoms. The van der Waals surface area contributed by atoms with E-state index >= 15 is 0 Å². The molecular formula is C13H23N3. The van der Waals surface area contributed by atoms with Gasteiger partial charge in [0.15, 0.2) is 0 Å². The lowest BCUT2D eigenvalue weighted by molar-refractivity contribution is 0.453. The maximum atomic E-state index is 5.62. The molecule has 0 aliphatic rings. The van der Waals surface area contributed by atoms with E-state index in [-0.39, 0.29) is 6.04 Å². The van der Waals surface area contributed by atoms with E-state index in [0.29, 0.717) is 0 Å². The van der Waals surface area contributed by atoms with Gasteiger partial charge in [-0.3, -0.25) is 16.3 Å². The van der Waals surface area contributed by atoms with Gasteiger partial charge in [-0.25, -0.2) is 0 Å². The van der Waals surface area contributed by atoms with Gasteiger partial charge in [0.05, 0.1) is 0 Å². The van der Waals surface area contributed by atoms with E-state index in [2.05, 4.69) is 37.2 Å². The molecule has 0 aliphatic carbocycles. The van der Waals surface area contributed by atoms with Crippen LogP contribution in [0.1, 0.15) is 50.3 Å². The van der Waals surface area contributed by atoms with Gasteiger partial charge in [-0.2, -0.15) is 0 Å². The minimum atomic E-state index is 0.252. The number of aromatic nitrogens is 1. The molecule has 1 unspecified atom stereocenters. The lowest BCUT2D eigenvalue weighted by Crippen LogP contribution is -2.28. The topological polar surface area (TPSA) is 50.9 Å². The van der Waals surface area contributed by atoms with E-state index in [1.54, 1.807) is 0 Å². The van der Waals surface area contributed by atoms with Crippen molar-refractivity contribution >= 4 is 0 Å². The van der Waals surface area contributed by atoms with Crippen molar-refractivity contribution in [3.05, 3.63) is 29.6 Å². The quantitative estimate of drug-likeness (QED) is 0.573. The predicted molar refractivity (Wildman–Crippen MR) is 67.7 cm³/mol. The van der Waals surface area contributed by atoms with E-state index in [1.165, 1.54) is 24.0 Å². The van der Waals surface area contributed by atoms with Crippen LogP contribution in [0.2, 0.25) is 0 Å². The van der Waals surface area contributed by atoms with Gasteiger partial charge in [0.2, 0.25) is 0 Å². The Morgan fingerprint density at radius 3 is 2.69 bits per heavy atom. The Labute approximate surface area is 98.4 Å². The maximum absolute atomic E-state index is 5.62. The highest BCUT2D eigenvalue weighted by molar-refractivity contribution is 5.25. The fraction of sp³-hybridized carbons (Fsp3) is 0.615. The first kappa shape index (κ1) is 13.1. The average molecular weight is 221 g/mol. The van der Waals surface area contributed by atoms with Gasteiger partial charge in [0, 0.05) is 18.4 Å². The molecule has 1 rings (SSSR count). The molecular weight excluding hydrogens is 198 g/mol. The Hall–Kier alpha value is -0.930. The van der Waals surface area contributed by atoms with Gasteiger partial charge in [0.25, 0.3) is 0 Å². The van der Waals surface area contributed by atoms with E-state index in [9.17, 15) is 0 Å². The Bertz CT molecular complexity index is 310. The van der Waals surface area contributed by atoms with Crippen LogP contribution in [0.15, 0.2) is 18.5 Å². The summed E-state index contributed by atoms with van der Waals surface area (Å²) in [6, 6.07) is 2.30. The third kappa shape index (κ3) is 3.91.